The Morgan fingerprint density at radius 2 is 2.11 bits per heavy atom. The molecular weight excluding hydrogens is 362 g/mol. The van der Waals surface area contributed by atoms with E-state index in [1.807, 2.05) is 6.92 Å². The predicted octanol–water partition coefficient (Wildman–Crippen LogP) is 2.65. The van der Waals surface area contributed by atoms with E-state index < -0.39 is 0 Å². The molecule has 7 nitrogen and oxygen atoms in total. The third-order valence-electron chi connectivity index (χ3n) is 4.61. The Morgan fingerprint density at radius 3 is 2.81 bits per heavy atom. The van der Waals surface area contributed by atoms with Crippen LogP contribution >= 0.6 is 11.3 Å². The van der Waals surface area contributed by atoms with Crippen molar-refractivity contribution < 1.29 is 9.53 Å². The van der Waals surface area contributed by atoms with E-state index in [1.54, 1.807) is 29.7 Å². The summed E-state index contributed by atoms with van der Waals surface area (Å²) in [4.78, 5) is 22.7. The molecule has 0 unspecified atom stereocenters. The largest absolute Gasteiger partial charge is 0.476 e. The number of rotatable bonds is 7. The maximum atomic E-state index is 12.4. The number of hydrogen-bond donors (Lipinski definition) is 2. The van der Waals surface area contributed by atoms with Gasteiger partial charge in [0.1, 0.15) is 5.69 Å². The van der Waals surface area contributed by atoms with Gasteiger partial charge in [-0.2, -0.15) is 0 Å². The molecule has 3 heterocycles. The molecule has 1 aliphatic rings. The normalized spacial score (nSPS) is 16.7. The summed E-state index contributed by atoms with van der Waals surface area (Å²) >= 11 is 1.73. The second kappa shape index (κ2) is 9.68. The second-order valence-corrected chi connectivity index (χ2v) is 7.47. The molecule has 2 N–H and O–H groups in total. The first kappa shape index (κ1) is 19.6. The quantitative estimate of drug-likeness (QED) is 0.762. The van der Waals surface area contributed by atoms with E-state index in [1.165, 1.54) is 4.88 Å². The summed E-state index contributed by atoms with van der Waals surface area (Å²) in [5.74, 6) is 0.434. The lowest BCUT2D eigenvalue weighted by Crippen LogP contribution is -2.48. The third kappa shape index (κ3) is 5.41. The van der Waals surface area contributed by atoms with Crippen LogP contribution in [-0.4, -0.2) is 67.2 Å². The van der Waals surface area contributed by atoms with Gasteiger partial charge in [0.25, 0.3) is 0 Å². The highest BCUT2D eigenvalue weighted by atomic mass is 32.1. The van der Waals surface area contributed by atoms with Gasteiger partial charge in [0.05, 0.1) is 12.6 Å². The number of urea groups is 1. The van der Waals surface area contributed by atoms with Crippen molar-refractivity contribution in [1.82, 2.24) is 20.1 Å². The van der Waals surface area contributed by atoms with Crippen LogP contribution in [0.5, 0.6) is 5.88 Å². The highest BCUT2D eigenvalue weighted by Gasteiger charge is 2.25. The molecule has 146 valence electrons. The van der Waals surface area contributed by atoms with Gasteiger partial charge < -0.3 is 20.3 Å². The van der Waals surface area contributed by atoms with E-state index in [2.05, 4.69) is 50.0 Å². The Hall–Kier alpha value is -2.16. The fourth-order valence-corrected chi connectivity index (χ4v) is 3.98. The van der Waals surface area contributed by atoms with Crippen molar-refractivity contribution in [2.24, 2.45) is 0 Å². The summed E-state index contributed by atoms with van der Waals surface area (Å²) in [7, 11) is 2.15. The van der Waals surface area contributed by atoms with Gasteiger partial charge in [-0.3, -0.25) is 4.90 Å². The van der Waals surface area contributed by atoms with Crippen LogP contribution in [0.4, 0.5) is 10.5 Å². The zero-order valence-electron chi connectivity index (χ0n) is 15.9. The SMILES string of the molecule is CCOc1ncccc1NC(=O)NC[C@@H](c1cccs1)N1CCN(C)CC1. The molecule has 0 spiro atoms. The molecule has 0 aliphatic carbocycles. The van der Waals surface area contributed by atoms with Crippen molar-refractivity contribution in [2.45, 2.75) is 13.0 Å². The van der Waals surface area contributed by atoms with Crippen LogP contribution in [0.2, 0.25) is 0 Å². The highest BCUT2D eigenvalue weighted by Crippen LogP contribution is 2.26. The van der Waals surface area contributed by atoms with Crippen molar-refractivity contribution in [2.75, 3.05) is 51.7 Å². The molecule has 2 aromatic rings. The Bertz CT molecular complexity index is 717. The summed E-state index contributed by atoms with van der Waals surface area (Å²) in [6.07, 6.45) is 1.65. The lowest BCUT2D eigenvalue weighted by Gasteiger charge is -2.37. The van der Waals surface area contributed by atoms with E-state index >= 15 is 0 Å². The Morgan fingerprint density at radius 1 is 1.30 bits per heavy atom. The number of carbonyl (C=O) groups excluding carboxylic acids is 1. The van der Waals surface area contributed by atoms with Gasteiger partial charge in [-0.25, -0.2) is 9.78 Å². The Labute approximate surface area is 164 Å². The molecule has 0 aromatic carbocycles. The standard InChI is InChI=1S/C19H27N5O2S/c1-3-26-18-15(6-4-8-20-18)22-19(25)21-14-16(17-7-5-13-27-17)24-11-9-23(2)10-12-24/h4-8,13,16H,3,9-12,14H2,1-2H3,(H2,21,22,25)/t16-/m0/s1. The van der Waals surface area contributed by atoms with Crippen LogP contribution in [0.25, 0.3) is 0 Å². The van der Waals surface area contributed by atoms with Crippen molar-refractivity contribution in [3.8, 4) is 5.88 Å². The first-order valence-electron chi connectivity index (χ1n) is 9.26. The van der Waals surface area contributed by atoms with E-state index in [0.29, 0.717) is 24.7 Å². The molecule has 0 radical (unpaired) electrons. The number of nitrogens with one attached hydrogen (secondary N) is 2. The summed E-state index contributed by atoms with van der Waals surface area (Å²) < 4.78 is 5.46. The Kier molecular flexibility index (Phi) is 7.03. The summed E-state index contributed by atoms with van der Waals surface area (Å²) in [5, 5.41) is 7.95. The van der Waals surface area contributed by atoms with Gasteiger partial charge in [0.15, 0.2) is 0 Å². The average Bonchev–Trinajstić information content (AvgIpc) is 3.19. The number of aromatic nitrogens is 1. The molecule has 1 atom stereocenters. The maximum absolute atomic E-state index is 12.4. The van der Waals surface area contributed by atoms with E-state index in [4.69, 9.17) is 4.74 Å². The van der Waals surface area contributed by atoms with Crippen LogP contribution in [0.3, 0.4) is 0 Å². The fourth-order valence-electron chi connectivity index (χ4n) is 3.12. The van der Waals surface area contributed by atoms with Crippen molar-refractivity contribution >= 4 is 23.1 Å². The first-order valence-corrected chi connectivity index (χ1v) is 10.1. The van der Waals surface area contributed by atoms with Gasteiger partial charge >= 0.3 is 6.03 Å². The number of piperazine rings is 1. The van der Waals surface area contributed by atoms with Gasteiger partial charge in [0, 0.05) is 43.8 Å². The summed E-state index contributed by atoms with van der Waals surface area (Å²) in [6, 6.07) is 7.70. The third-order valence-corrected chi connectivity index (χ3v) is 5.58. The molecule has 2 aromatic heterocycles. The minimum absolute atomic E-state index is 0.185. The van der Waals surface area contributed by atoms with E-state index in [9.17, 15) is 4.79 Å². The topological polar surface area (TPSA) is 69.7 Å². The molecule has 1 saturated heterocycles. The van der Waals surface area contributed by atoms with E-state index in [-0.39, 0.29) is 12.1 Å². The molecule has 0 bridgehead atoms. The number of likely N-dealkylation sites (N-methyl/N-ethyl adjacent to an activating group) is 1. The predicted molar refractivity (Wildman–Crippen MR) is 109 cm³/mol. The van der Waals surface area contributed by atoms with Gasteiger partial charge in [-0.1, -0.05) is 6.07 Å². The number of pyridine rings is 1. The number of anilines is 1. The lowest BCUT2D eigenvalue weighted by molar-refractivity contribution is 0.113. The maximum Gasteiger partial charge on any atom is 0.319 e. The molecule has 1 fully saturated rings. The molecule has 8 heteroatoms. The smallest absolute Gasteiger partial charge is 0.319 e. The average molecular weight is 390 g/mol. The number of hydrogen-bond acceptors (Lipinski definition) is 6. The molecule has 2 amide bonds. The fraction of sp³-hybridized carbons (Fsp3) is 0.474. The second-order valence-electron chi connectivity index (χ2n) is 6.49. The molecule has 3 rings (SSSR count). The van der Waals surface area contributed by atoms with Crippen LogP contribution in [0.1, 0.15) is 17.8 Å². The molecule has 1 aliphatic heterocycles. The molecule has 0 saturated carbocycles. The summed E-state index contributed by atoms with van der Waals surface area (Å²) in [5.41, 5.74) is 0.573. The van der Waals surface area contributed by atoms with Crippen LogP contribution in [0, 0.1) is 0 Å². The zero-order chi connectivity index (χ0) is 19.1. The van der Waals surface area contributed by atoms with Gasteiger partial charge in [0.2, 0.25) is 5.88 Å². The highest BCUT2D eigenvalue weighted by molar-refractivity contribution is 7.10. The zero-order valence-corrected chi connectivity index (χ0v) is 16.7. The van der Waals surface area contributed by atoms with Crippen LogP contribution < -0.4 is 15.4 Å². The van der Waals surface area contributed by atoms with Gasteiger partial charge in [-0.05, 0) is 37.6 Å². The molecular formula is C19H27N5O2S. The lowest BCUT2D eigenvalue weighted by atomic mass is 10.1. The monoisotopic (exact) mass is 389 g/mol. The minimum Gasteiger partial charge on any atom is -0.476 e. The number of thiophene rings is 1. The van der Waals surface area contributed by atoms with Crippen molar-refractivity contribution in [3.05, 3.63) is 40.7 Å². The van der Waals surface area contributed by atoms with Crippen LogP contribution in [0.15, 0.2) is 35.8 Å². The number of ether oxygens (including phenoxy) is 1. The first-order chi connectivity index (χ1) is 13.2. The number of amides is 2. The van der Waals surface area contributed by atoms with Crippen LogP contribution in [-0.2, 0) is 0 Å². The minimum atomic E-state index is -0.250. The number of carbonyl (C=O) groups is 1. The Balaban J connectivity index is 1.61. The molecule has 27 heavy (non-hydrogen) atoms. The van der Waals surface area contributed by atoms with Crippen molar-refractivity contribution in [1.29, 1.82) is 0 Å². The number of nitrogens with zero attached hydrogens (tertiary/aromatic N) is 3. The van der Waals surface area contributed by atoms with Gasteiger partial charge in [-0.15, -0.1) is 11.3 Å². The summed E-state index contributed by atoms with van der Waals surface area (Å²) in [6.45, 7) is 7.03. The van der Waals surface area contributed by atoms with Crippen molar-refractivity contribution in [3.63, 3.8) is 0 Å². The van der Waals surface area contributed by atoms with E-state index in [0.717, 1.165) is 26.2 Å².